The Morgan fingerprint density at radius 1 is 0.739 bits per heavy atom. The summed E-state index contributed by atoms with van der Waals surface area (Å²) in [4.78, 5) is 23.9. The summed E-state index contributed by atoms with van der Waals surface area (Å²) in [6, 6.07) is 17.0. The first-order valence-corrected chi connectivity index (χ1v) is 7.29. The van der Waals surface area contributed by atoms with Crippen molar-refractivity contribution in [2.75, 3.05) is 0 Å². The quantitative estimate of drug-likeness (QED) is 0.907. The van der Waals surface area contributed by atoms with Gasteiger partial charge in [0.1, 0.15) is 0 Å². The van der Waals surface area contributed by atoms with E-state index >= 15 is 0 Å². The summed E-state index contributed by atoms with van der Waals surface area (Å²) in [6.07, 6.45) is 0.182. The molecule has 5 heteroatoms. The molecular weight excluding hydrogens is 296 g/mol. The van der Waals surface area contributed by atoms with Crippen LogP contribution in [0.2, 0.25) is 0 Å². The summed E-state index contributed by atoms with van der Waals surface area (Å²) in [5, 5.41) is 19.5. The van der Waals surface area contributed by atoms with Gasteiger partial charge in [-0.3, -0.25) is 0 Å². The molecule has 1 saturated heterocycles. The molecular formula is C18H16O5. The number of hydrogen-bond donors (Lipinski definition) is 2. The third-order valence-corrected chi connectivity index (χ3v) is 4.35. The third kappa shape index (κ3) is 2.29. The Kier molecular flexibility index (Phi) is 3.66. The van der Waals surface area contributed by atoms with E-state index in [4.69, 9.17) is 4.74 Å². The maximum absolute atomic E-state index is 11.9. The van der Waals surface area contributed by atoms with Crippen LogP contribution < -0.4 is 0 Å². The molecule has 1 aliphatic heterocycles. The molecule has 1 aliphatic rings. The second-order valence-corrected chi connectivity index (χ2v) is 5.60. The van der Waals surface area contributed by atoms with Crippen molar-refractivity contribution < 1.29 is 24.5 Å². The van der Waals surface area contributed by atoms with Crippen LogP contribution in [0.3, 0.4) is 0 Å². The number of carbonyl (C=O) groups is 2. The van der Waals surface area contributed by atoms with Crippen molar-refractivity contribution in [3.63, 3.8) is 0 Å². The zero-order chi connectivity index (χ0) is 16.5. The first-order valence-electron chi connectivity index (χ1n) is 7.29. The minimum atomic E-state index is -1.66. The van der Waals surface area contributed by atoms with Gasteiger partial charge in [0.2, 0.25) is 0 Å². The molecule has 2 atom stereocenters. The number of ether oxygens (including phenoxy) is 1. The molecule has 0 amide bonds. The van der Waals surface area contributed by atoms with E-state index in [1.807, 2.05) is 0 Å². The second kappa shape index (κ2) is 5.52. The summed E-state index contributed by atoms with van der Waals surface area (Å²) in [6.45, 7) is 0. The predicted molar refractivity (Wildman–Crippen MR) is 81.8 cm³/mol. The molecule has 0 spiro atoms. The third-order valence-electron chi connectivity index (χ3n) is 4.35. The lowest BCUT2D eigenvalue weighted by atomic mass is 9.87. The zero-order valence-corrected chi connectivity index (χ0v) is 12.3. The molecule has 1 heterocycles. The van der Waals surface area contributed by atoms with Crippen molar-refractivity contribution in [2.24, 2.45) is 0 Å². The van der Waals surface area contributed by atoms with Gasteiger partial charge >= 0.3 is 11.9 Å². The Labute approximate surface area is 133 Å². The molecule has 23 heavy (non-hydrogen) atoms. The fourth-order valence-corrected chi connectivity index (χ4v) is 3.12. The van der Waals surface area contributed by atoms with Gasteiger partial charge in [0.15, 0.2) is 11.2 Å². The molecule has 0 aliphatic carbocycles. The van der Waals surface area contributed by atoms with Gasteiger partial charge in [-0.05, 0) is 24.0 Å². The van der Waals surface area contributed by atoms with Crippen LogP contribution in [-0.4, -0.2) is 22.2 Å². The fourth-order valence-electron chi connectivity index (χ4n) is 3.12. The summed E-state index contributed by atoms with van der Waals surface area (Å²) in [5.41, 5.74) is -2.41. The second-order valence-electron chi connectivity index (χ2n) is 5.60. The highest BCUT2D eigenvalue weighted by molar-refractivity contribution is 5.85. The Balaban J connectivity index is 2.11. The van der Waals surface area contributed by atoms with Crippen molar-refractivity contribution in [3.8, 4) is 0 Å². The van der Waals surface area contributed by atoms with Crippen LogP contribution in [0.5, 0.6) is 0 Å². The van der Waals surface area contributed by atoms with E-state index in [1.165, 1.54) is 0 Å². The Bertz CT molecular complexity index is 664. The van der Waals surface area contributed by atoms with Gasteiger partial charge in [-0.1, -0.05) is 60.7 Å². The molecule has 2 aromatic carbocycles. The van der Waals surface area contributed by atoms with Crippen LogP contribution in [0.1, 0.15) is 24.0 Å². The van der Waals surface area contributed by atoms with E-state index in [1.54, 1.807) is 60.7 Å². The highest BCUT2D eigenvalue weighted by atomic mass is 16.6. The molecule has 0 aromatic heterocycles. The van der Waals surface area contributed by atoms with E-state index < -0.39 is 23.1 Å². The summed E-state index contributed by atoms with van der Waals surface area (Å²) >= 11 is 0. The Morgan fingerprint density at radius 3 is 1.39 bits per heavy atom. The fraction of sp³-hybridized carbons (Fsp3) is 0.222. The monoisotopic (exact) mass is 312 g/mol. The Morgan fingerprint density at radius 2 is 1.09 bits per heavy atom. The molecule has 2 aromatic rings. The topological polar surface area (TPSA) is 83.8 Å². The Hall–Kier alpha value is -2.66. The normalized spacial score (nSPS) is 26.8. The van der Waals surface area contributed by atoms with Crippen LogP contribution in [0, 0.1) is 0 Å². The van der Waals surface area contributed by atoms with Gasteiger partial charge in [-0.15, -0.1) is 0 Å². The van der Waals surface area contributed by atoms with Gasteiger partial charge < -0.3 is 14.9 Å². The SMILES string of the molecule is O=C(O)C1(c2ccccc2)CCC(C(=O)O)(c2ccccc2)O1. The molecule has 118 valence electrons. The zero-order valence-electron chi connectivity index (χ0n) is 12.3. The van der Waals surface area contributed by atoms with Crippen molar-refractivity contribution in [2.45, 2.75) is 24.0 Å². The summed E-state index contributed by atoms with van der Waals surface area (Å²) < 4.78 is 5.83. The number of rotatable bonds is 4. The van der Waals surface area contributed by atoms with Crippen LogP contribution in [0.15, 0.2) is 60.7 Å². The average Bonchev–Trinajstić information content (AvgIpc) is 3.00. The van der Waals surface area contributed by atoms with Gasteiger partial charge in [0.25, 0.3) is 0 Å². The van der Waals surface area contributed by atoms with E-state index in [9.17, 15) is 19.8 Å². The molecule has 0 saturated carbocycles. The number of carboxylic acids is 2. The van der Waals surface area contributed by atoms with E-state index in [-0.39, 0.29) is 12.8 Å². The smallest absolute Gasteiger partial charge is 0.340 e. The maximum atomic E-state index is 11.9. The highest BCUT2D eigenvalue weighted by Gasteiger charge is 2.59. The maximum Gasteiger partial charge on any atom is 0.340 e. The summed E-state index contributed by atoms with van der Waals surface area (Å²) in [7, 11) is 0. The largest absolute Gasteiger partial charge is 0.479 e. The molecule has 0 bridgehead atoms. The standard InChI is InChI=1S/C18H16O5/c19-15(20)17(13-7-3-1-4-8-13)11-12-18(23-17,16(21)22)14-9-5-2-6-10-14/h1-10H,11-12H2,(H,19,20)(H,21,22). The minimum Gasteiger partial charge on any atom is -0.479 e. The van der Waals surface area contributed by atoms with Crippen LogP contribution in [-0.2, 0) is 25.5 Å². The highest BCUT2D eigenvalue weighted by Crippen LogP contribution is 2.50. The van der Waals surface area contributed by atoms with E-state index in [0.29, 0.717) is 11.1 Å². The first kappa shape index (κ1) is 15.2. The molecule has 0 radical (unpaired) electrons. The number of hydrogen-bond acceptors (Lipinski definition) is 3. The van der Waals surface area contributed by atoms with E-state index in [2.05, 4.69) is 0 Å². The van der Waals surface area contributed by atoms with Crippen LogP contribution in [0.4, 0.5) is 0 Å². The first-order chi connectivity index (χ1) is 11.0. The summed E-state index contributed by atoms with van der Waals surface area (Å²) in [5.74, 6) is -2.36. The van der Waals surface area contributed by atoms with Gasteiger partial charge in [0.05, 0.1) is 0 Å². The molecule has 2 unspecified atom stereocenters. The van der Waals surface area contributed by atoms with Crippen molar-refractivity contribution in [3.05, 3.63) is 71.8 Å². The minimum absolute atomic E-state index is 0.0908. The van der Waals surface area contributed by atoms with Crippen molar-refractivity contribution in [1.29, 1.82) is 0 Å². The molecule has 5 nitrogen and oxygen atoms in total. The lowest BCUT2D eigenvalue weighted by molar-refractivity contribution is -0.190. The van der Waals surface area contributed by atoms with Crippen LogP contribution in [0.25, 0.3) is 0 Å². The lowest BCUT2D eigenvalue weighted by Gasteiger charge is -2.30. The number of benzene rings is 2. The van der Waals surface area contributed by atoms with Crippen molar-refractivity contribution >= 4 is 11.9 Å². The predicted octanol–water partition coefficient (Wildman–Crippen LogP) is 2.76. The van der Waals surface area contributed by atoms with Gasteiger partial charge in [-0.25, -0.2) is 9.59 Å². The molecule has 2 N–H and O–H groups in total. The molecule has 3 rings (SSSR count). The van der Waals surface area contributed by atoms with Crippen LogP contribution >= 0.6 is 0 Å². The van der Waals surface area contributed by atoms with Gasteiger partial charge in [-0.2, -0.15) is 0 Å². The van der Waals surface area contributed by atoms with E-state index in [0.717, 1.165) is 0 Å². The lowest BCUT2D eigenvalue weighted by Crippen LogP contribution is -2.42. The van der Waals surface area contributed by atoms with Gasteiger partial charge in [0, 0.05) is 0 Å². The molecule has 1 fully saturated rings. The number of carboxylic acid groups (broad SMARTS) is 2. The number of aliphatic carboxylic acids is 2. The average molecular weight is 312 g/mol. The van der Waals surface area contributed by atoms with Crippen molar-refractivity contribution in [1.82, 2.24) is 0 Å².